The molecule has 1 aromatic rings. The number of alkyl halides is 3. The van der Waals surface area contributed by atoms with Gasteiger partial charge < -0.3 is 14.7 Å². The van der Waals surface area contributed by atoms with E-state index in [1.54, 1.807) is 20.8 Å². The number of halogens is 3. The maximum absolute atomic E-state index is 13.2. The lowest BCUT2D eigenvalue weighted by atomic mass is 9.69. The van der Waals surface area contributed by atoms with Gasteiger partial charge in [0.25, 0.3) is 0 Å². The molecule has 1 aliphatic heterocycles. The zero-order valence-corrected chi connectivity index (χ0v) is 17.7. The molecule has 1 N–H and O–H groups in total. The van der Waals surface area contributed by atoms with Crippen molar-refractivity contribution in [3.63, 3.8) is 0 Å². The molecule has 1 saturated heterocycles. The molecule has 1 saturated carbocycles. The highest BCUT2D eigenvalue weighted by atomic mass is 19.4. The lowest BCUT2D eigenvalue weighted by Gasteiger charge is -2.52. The molecule has 1 aromatic carbocycles. The van der Waals surface area contributed by atoms with E-state index >= 15 is 0 Å². The first-order valence-electron chi connectivity index (χ1n) is 10.1. The second kappa shape index (κ2) is 7.25. The number of likely N-dealkylation sites (tertiary alicyclic amines) is 1. The second-order valence-electron chi connectivity index (χ2n) is 9.40. The molecular formula is C22H28F3NO4. The van der Waals surface area contributed by atoms with Gasteiger partial charge in [-0.2, -0.15) is 13.2 Å². The van der Waals surface area contributed by atoms with Gasteiger partial charge in [-0.1, -0.05) is 12.1 Å². The van der Waals surface area contributed by atoms with Gasteiger partial charge in [0.2, 0.25) is 5.91 Å². The number of nitrogens with zero attached hydrogens (tertiary/aromatic N) is 1. The summed E-state index contributed by atoms with van der Waals surface area (Å²) in [5.74, 6) is -1.31. The van der Waals surface area contributed by atoms with Crippen molar-refractivity contribution in [3.05, 3.63) is 35.4 Å². The average Bonchev–Trinajstić information content (AvgIpc) is 2.92. The van der Waals surface area contributed by atoms with Crippen molar-refractivity contribution in [1.82, 2.24) is 4.90 Å². The third kappa shape index (κ3) is 3.70. The van der Waals surface area contributed by atoms with E-state index in [9.17, 15) is 27.9 Å². The highest BCUT2D eigenvalue weighted by Gasteiger charge is 2.69. The first-order valence-corrected chi connectivity index (χ1v) is 10.1. The number of carbonyl (C=O) groups excluding carboxylic acids is 2. The van der Waals surface area contributed by atoms with E-state index in [-0.39, 0.29) is 25.2 Å². The number of hydrogen-bond donors (Lipinski definition) is 1. The van der Waals surface area contributed by atoms with Crippen molar-refractivity contribution in [3.8, 4) is 0 Å². The highest BCUT2D eigenvalue weighted by Crippen LogP contribution is 2.58. The zero-order chi connectivity index (χ0) is 22.5. The SMILES string of the molecule is CN1C(=O)CC[C@]2(C(=O)OC(C)(C)C)CC[C@H](Cc3ccc(C(F)(F)F)cc3)[C@]12O. The summed E-state index contributed by atoms with van der Waals surface area (Å²) in [6.07, 6.45) is -3.06. The molecule has 0 spiro atoms. The van der Waals surface area contributed by atoms with Crippen LogP contribution in [0, 0.1) is 11.3 Å². The smallest absolute Gasteiger partial charge is 0.416 e. The molecule has 1 heterocycles. The molecule has 8 heteroatoms. The van der Waals surface area contributed by atoms with Crippen LogP contribution in [-0.4, -0.2) is 40.3 Å². The second-order valence-corrected chi connectivity index (χ2v) is 9.40. The Morgan fingerprint density at radius 1 is 1.20 bits per heavy atom. The number of amides is 1. The molecule has 1 aliphatic carbocycles. The third-order valence-corrected chi connectivity index (χ3v) is 6.40. The Morgan fingerprint density at radius 3 is 2.33 bits per heavy atom. The molecule has 1 amide bonds. The van der Waals surface area contributed by atoms with Gasteiger partial charge in [-0.05, 0) is 64.2 Å². The minimum atomic E-state index is -4.42. The Bertz CT molecular complexity index is 830. The first kappa shape index (κ1) is 22.6. The predicted octanol–water partition coefficient (Wildman–Crippen LogP) is 3.93. The maximum Gasteiger partial charge on any atom is 0.416 e. The molecule has 5 nitrogen and oxygen atoms in total. The van der Waals surface area contributed by atoms with Gasteiger partial charge >= 0.3 is 12.1 Å². The van der Waals surface area contributed by atoms with E-state index in [1.807, 2.05) is 0 Å². The minimum absolute atomic E-state index is 0.130. The molecule has 0 bridgehead atoms. The Morgan fingerprint density at radius 2 is 1.80 bits per heavy atom. The Kier molecular flexibility index (Phi) is 5.46. The van der Waals surface area contributed by atoms with Crippen LogP contribution in [-0.2, 0) is 26.9 Å². The molecule has 30 heavy (non-hydrogen) atoms. The number of piperidine rings is 1. The molecule has 0 aromatic heterocycles. The van der Waals surface area contributed by atoms with Gasteiger partial charge in [0.1, 0.15) is 11.0 Å². The topological polar surface area (TPSA) is 66.8 Å². The van der Waals surface area contributed by atoms with E-state index in [1.165, 1.54) is 24.1 Å². The van der Waals surface area contributed by atoms with E-state index in [4.69, 9.17) is 4.74 Å². The van der Waals surface area contributed by atoms with Gasteiger partial charge in [-0.15, -0.1) is 0 Å². The van der Waals surface area contributed by atoms with Gasteiger partial charge in [0, 0.05) is 19.4 Å². The fourth-order valence-corrected chi connectivity index (χ4v) is 4.87. The van der Waals surface area contributed by atoms with Crippen molar-refractivity contribution in [2.75, 3.05) is 7.05 Å². The van der Waals surface area contributed by atoms with Gasteiger partial charge in [0.05, 0.1) is 5.56 Å². The fourth-order valence-electron chi connectivity index (χ4n) is 4.87. The van der Waals surface area contributed by atoms with Crippen LogP contribution < -0.4 is 0 Å². The quantitative estimate of drug-likeness (QED) is 0.743. The predicted molar refractivity (Wildman–Crippen MR) is 103 cm³/mol. The van der Waals surface area contributed by atoms with Crippen LogP contribution in [0.3, 0.4) is 0 Å². The molecule has 166 valence electrons. The van der Waals surface area contributed by atoms with E-state index in [0.717, 1.165) is 12.1 Å². The number of ether oxygens (including phenoxy) is 1. The normalized spacial score (nSPS) is 29.7. The minimum Gasteiger partial charge on any atom is -0.459 e. The zero-order valence-electron chi connectivity index (χ0n) is 17.7. The number of rotatable bonds is 3. The van der Waals surface area contributed by atoms with Crippen molar-refractivity contribution in [2.45, 2.75) is 70.4 Å². The molecule has 2 fully saturated rings. The van der Waals surface area contributed by atoms with Crippen LogP contribution in [0.4, 0.5) is 13.2 Å². The molecular weight excluding hydrogens is 399 g/mol. The number of hydrogen-bond acceptors (Lipinski definition) is 4. The van der Waals surface area contributed by atoms with Crippen LogP contribution in [0.15, 0.2) is 24.3 Å². The highest BCUT2D eigenvalue weighted by molar-refractivity contribution is 5.86. The van der Waals surface area contributed by atoms with Crippen LogP contribution in [0.25, 0.3) is 0 Å². The first-order chi connectivity index (χ1) is 13.7. The lowest BCUT2D eigenvalue weighted by Crippen LogP contribution is -2.67. The Balaban J connectivity index is 1.93. The average molecular weight is 427 g/mol. The number of aliphatic hydroxyl groups is 1. The monoisotopic (exact) mass is 427 g/mol. The fraction of sp³-hybridized carbons (Fsp3) is 0.636. The van der Waals surface area contributed by atoms with Gasteiger partial charge in [-0.25, -0.2) is 0 Å². The summed E-state index contributed by atoms with van der Waals surface area (Å²) >= 11 is 0. The van der Waals surface area contributed by atoms with Crippen LogP contribution in [0.5, 0.6) is 0 Å². The molecule has 3 atom stereocenters. The number of benzene rings is 1. The van der Waals surface area contributed by atoms with Crippen LogP contribution in [0.2, 0.25) is 0 Å². The van der Waals surface area contributed by atoms with E-state index < -0.39 is 40.4 Å². The molecule has 2 aliphatic rings. The van der Waals surface area contributed by atoms with Gasteiger partial charge in [0.15, 0.2) is 5.72 Å². The summed E-state index contributed by atoms with van der Waals surface area (Å²) < 4.78 is 44.1. The number of esters is 1. The maximum atomic E-state index is 13.2. The number of carbonyl (C=O) groups is 2. The van der Waals surface area contributed by atoms with E-state index in [0.29, 0.717) is 18.4 Å². The molecule has 3 rings (SSSR count). The van der Waals surface area contributed by atoms with E-state index in [2.05, 4.69) is 0 Å². The summed E-state index contributed by atoms with van der Waals surface area (Å²) in [5.41, 5.74) is -3.90. The van der Waals surface area contributed by atoms with Crippen molar-refractivity contribution >= 4 is 11.9 Å². The third-order valence-electron chi connectivity index (χ3n) is 6.40. The summed E-state index contributed by atoms with van der Waals surface area (Å²) in [6.45, 7) is 5.23. The standard InChI is InChI=1S/C22H28F3NO4/c1-19(2,3)30-18(28)20-11-9-16(21(20,29)26(4)17(27)10-12-20)13-14-5-7-15(8-6-14)22(23,24)25/h5-8,16,29H,9-13H2,1-4H3/t16-,20+,21-/m1/s1. The Hall–Kier alpha value is -2.09. The summed E-state index contributed by atoms with van der Waals surface area (Å²) in [4.78, 5) is 26.9. The van der Waals surface area contributed by atoms with Crippen LogP contribution >= 0.6 is 0 Å². The van der Waals surface area contributed by atoms with Crippen molar-refractivity contribution < 1.29 is 32.6 Å². The lowest BCUT2D eigenvalue weighted by molar-refractivity contribution is -0.231. The van der Waals surface area contributed by atoms with Gasteiger partial charge in [-0.3, -0.25) is 9.59 Å². The summed E-state index contributed by atoms with van der Waals surface area (Å²) in [6, 6.07) is 4.77. The molecule has 0 unspecified atom stereocenters. The Labute approximate surface area is 174 Å². The summed E-state index contributed by atoms with van der Waals surface area (Å²) in [7, 11) is 1.48. The number of fused-ring (bicyclic) bond motifs is 1. The van der Waals surface area contributed by atoms with Crippen LogP contribution in [0.1, 0.15) is 57.6 Å². The van der Waals surface area contributed by atoms with Crippen molar-refractivity contribution in [2.24, 2.45) is 11.3 Å². The van der Waals surface area contributed by atoms with Crippen molar-refractivity contribution in [1.29, 1.82) is 0 Å². The summed E-state index contributed by atoms with van der Waals surface area (Å²) in [5, 5.41) is 11.8. The largest absolute Gasteiger partial charge is 0.459 e. The molecule has 0 radical (unpaired) electrons.